The van der Waals surface area contributed by atoms with Gasteiger partial charge >= 0.3 is 0 Å². The van der Waals surface area contributed by atoms with E-state index in [4.69, 9.17) is 5.73 Å². The molecule has 0 radical (unpaired) electrons. The summed E-state index contributed by atoms with van der Waals surface area (Å²) in [5, 5.41) is 3.12. The van der Waals surface area contributed by atoms with Gasteiger partial charge in [-0.15, -0.1) is 4.83 Å². The van der Waals surface area contributed by atoms with E-state index in [2.05, 4.69) is 25.5 Å². The summed E-state index contributed by atoms with van der Waals surface area (Å²) in [5.74, 6) is 0.521. The Hall–Kier alpha value is -3.17. The van der Waals surface area contributed by atoms with Crippen molar-refractivity contribution in [3.05, 3.63) is 66.0 Å². The molecule has 1 aromatic heterocycles. The van der Waals surface area contributed by atoms with Crippen LogP contribution >= 0.6 is 0 Å². The molecule has 0 saturated carbocycles. The normalized spacial score (nSPS) is 11.2. The number of sulfonamides is 1. The molecule has 3 aromatic rings. The lowest BCUT2D eigenvalue weighted by Crippen LogP contribution is -2.30. The van der Waals surface area contributed by atoms with Crippen molar-refractivity contribution < 1.29 is 8.42 Å². The highest BCUT2D eigenvalue weighted by molar-refractivity contribution is 7.89. The molecule has 3 rings (SSSR count). The van der Waals surface area contributed by atoms with Crippen LogP contribution in [0, 0.1) is 13.8 Å². The average molecular weight is 384 g/mol. The highest BCUT2D eigenvalue weighted by Crippen LogP contribution is 2.26. The van der Waals surface area contributed by atoms with Crippen molar-refractivity contribution in [2.24, 2.45) is 0 Å². The third-order valence-corrected chi connectivity index (χ3v) is 5.18. The van der Waals surface area contributed by atoms with Gasteiger partial charge in [0.25, 0.3) is 10.0 Å². The van der Waals surface area contributed by atoms with Gasteiger partial charge in [0, 0.05) is 5.69 Å². The third kappa shape index (κ3) is 4.33. The van der Waals surface area contributed by atoms with Crippen LogP contribution < -0.4 is 21.3 Å². The van der Waals surface area contributed by atoms with E-state index in [1.165, 1.54) is 18.5 Å². The van der Waals surface area contributed by atoms with Crippen LogP contribution in [-0.2, 0) is 10.0 Å². The van der Waals surface area contributed by atoms with E-state index in [0.29, 0.717) is 5.82 Å². The van der Waals surface area contributed by atoms with Gasteiger partial charge in [-0.2, -0.15) is 0 Å². The number of benzene rings is 2. The van der Waals surface area contributed by atoms with Gasteiger partial charge in [0.05, 0.1) is 4.90 Å². The van der Waals surface area contributed by atoms with Gasteiger partial charge in [-0.3, -0.25) is 5.43 Å². The molecule has 2 aromatic carbocycles. The maximum Gasteiger partial charge on any atom is 0.257 e. The molecule has 0 saturated heterocycles. The van der Waals surface area contributed by atoms with Gasteiger partial charge in [0.15, 0.2) is 11.6 Å². The molecule has 8 nitrogen and oxygen atoms in total. The second kappa shape index (κ2) is 7.60. The number of nitrogens with two attached hydrogens (primary N) is 1. The van der Waals surface area contributed by atoms with Crippen LogP contribution in [0.5, 0.6) is 0 Å². The number of nitrogen functional groups attached to an aromatic ring is 1. The summed E-state index contributed by atoms with van der Waals surface area (Å²) in [7, 11) is -3.77. The molecular weight excluding hydrogens is 364 g/mol. The van der Waals surface area contributed by atoms with Crippen LogP contribution in [0.3, 0.4) is 0 Å². The molecule has 0 amide bonds. The number of aromatic nitrogens is 2. The van der Waals surface area contributed by atoms with Crippen LogP contribution in [0.1, 0.15) is 11.1 Å². The van der Waals surface area contributed by atoms with E-state index in [1.807, 2.05) is 38.1 Å². The maximum absolute atomic E-state index is 12.4. The largest absolute Gasteiger partial charge is 0.393 e. The van der Waals surface area contributed by atoms with Gasteiger partial charge < -0.3 is 11.1 Å². The molecule has 0 atom stereocenters. The summed E-state index contributed by atoms with van der Waals surface area (Å²) >= 11 is 0. The first-order valence-electron chi connectivity index (χ1n) is 8.14. The van der Waals surface area contributed by atoms with E-state index in [0.717, 1.165) is 16.8 Å². The molecule has 0 spiro atoms. The predicted molar refractivity (Wildman–Crippen MR) is 106 cm³/mol. The van der Waals surface area contributed by atoms with Crippen molar-refractivity contribution in [2.45, 2.75) is 18.7 Å². The van der Waals surface area contributed by atoms with Gasteiger partial charge in [0.2, 0.25) is 0 Å². The number of para-hydroxylation sites is 1. The lowest BCUT2D eigenvalue weighted by Gasteiger charge is -2.14. The second-order valence-electron chi connectivity index (χ2n) is 5.97. The maximum atomic E-state index is 12.4. The number of hydrogen-bond donors (Lipinski definition) is 4. The molecule has 140 valence electrons. The molecule has 0 bridgehead atoms. The lowest BCUT2D eigenvalue weighted by molar-refractivity contribution is 0.587. The van der Waals surface area contributed by atoms with E-state index in [-0.39, 0.29) is 16.4 Å². The quantitative estimate of drug-likeness (QED) is 0.482. The van der Waals surface area contributed by atoms with Crippen molar-refractivity contribution in [1.82, 2.24) is 14.8 Å². The minimum atomic E-state index is -3.77. The Morgan fingerprint density at radius 3 is 2.30 bits per heavy atom. The van der Waals surface area contributed by atoms with Gasteiger partial charge in [-0.25, -0.2) is 18.4 Å². The number of hydrogen-bond acceptors (Lipinski definition) is 7. The Bertz CT molecular complexity index is 1050. The highest BCUT2D eigenvalue weighted by Gasteiger charge is 2.15. The smallest absolute Gasteiger partial charge is 0.257 e. The SMILES string of the molecule is Cc1ccc(S(=O)(=O)NNc2ncnc(Nc3ccccc3C)c2N)cc1. The Balaban J connectivity index is 1.78. The van der Waals surface area contributed by atoms with Crippen molar-refractivity contribution >= 4 is 33.0 Å². The van der Waals surface area contributed by atoms with Crippen molar-refractivity contribution in [1.29, 1.82) is 0 Å². The molecule has 5 N–H and O–H groups in total. The van der Waals surface area contributed by atoms with Gasteiger partial charge in [-0.1, -0.05) is 35.9 Å². The first-order valence-corrected chi connectivity index (χ1v) is 9.63. The monoisotopic (exact) mass is 384 g/mol. The van der Waals surface area contributed by atoms with E-state index >= 15 is 0 Å². The number of nitrogens with one attached hydrogen (secondary N) is 3. The van der Waals surface area contributed by atoms with Crippen LogP contribution in [0.2, 0.25) is 0 Å². The topological polar surface area (TPSA) is 122 Å². The minimum absolute atomic E-state index is 0.131. The number of nitrogens with zero attached hydrogens (tertiary/aromatic N) is 2. The van der Waals surface area contributed by atoms with Crippen LogP contribution in [0.4, 0.5) is 23.0 Å². The van der Waals surface area contributed by atoms with Crippen molar-refractivity contribution in [3.63, 3.8) is 0 Å². The summed E-state index contributed by atoms with van der Waals surface area (Å²) in [6.07, 6.45) is 1.29. The van der Waals surface area contributed by atoms with Gasteiger partial charge in [-0.05, 0) is 37.6 Å². The molecule has 0 fully saturated rings. The predicted octanol–water partition coefficient (Wildman–Crippen LogP) is 2.72. The number of anilines is 4. The molecule has 0 aliphatic heterocycles. The summed E-state index contributed by atoms with van der Waals surface area (Å²) in [6, 6.07) is 14.1. The Morgan fingerprint density at radius 1 is 0.926 bits per heavy atom. The second-order valence-corrected chi connectivity index (χ2v) is 7.65. The highest BCUT2D eigenvalue weighted by atomic mass is 32.2. The van der Waals surface area contributed by atoms with E-state index in [9.17, 15) is 8.42 Å². The molecule has 0 aliphatic carbocycles. The zero-order valence-electron chi connectivity index (χ0n) is 14.9. The molecule has 27 heavy (non-hydrogen) atoms. The Kier molecular flexibility index (Phi) is 5.24. The Morgan fingerprint density at radius 2 is 1.59 bits per heavy atom. The summed E-state index contributed by atoms with van der Waals surface area (Å²) in [5.41, 5.74) is 11.7. The fraction of sp³-hybridized carbons (Fsp3) is 0.111. The summed E-state index contributed by atoms with van der Waals surface area (Å²) < 4.78 is 24.8. The zero-order chi connectivity index (χ0) is 19.4. The summed E-state index contributed by atoms with van der Waals surface area (Å²) in [6.45, 7) is 3.83. The van der Waals surface area contributed by atoms with Gasteiger partial charge in [0.1, 0.15) is 12.0 Å². The first-order chi connectivity index (χ1) is 12.9. The zero-order valence-corrected chi connectivity index (χ0v) is 15.7. The van der Waals surface area contributed by atoms with Crippen LogP contribution in [0.15, 0.2) is 59.8 Å². The molecule has 9 heteroatoms. The fourth-order valence-electron chi connectivity index (χ4n) is 2.33. The molecule has 0 unspecified atom stereocenters. The number of hydrazine groups is 1. The molecule has 1 heterocycles. The third-order valence-electron chi connectivity index (χ3n) is 3.92. The number of rotatable bonds is 6. The van der Waals surface area contributed by atoms with E-state index in [1.54, 1.807) is 12.1 Å². The minimum Gasteiger partial charge on any atom is -0.393 e. The molecule has 0 aliphatic rings. The lowest BCUT2D eigenvalue weighted by atomic mass is 10.2. The number of aryl methyl sites for hydroxylation is 2. The fourth-order valence-corrected chi connectivity index (χ4v) is 3.17. The summed E-state index contributed by atoms with van der Waals surface area (Å²) in [4.78, 5) is 10.5. The average Bonchev–Trinajstić information content (AvgIpc) is 2.64. The Labute approximate surface area is 157 Å². The van der Waals surface area contributed by atoms with Crippen LogP contribution in [0.25, 0.3) is 0 Å². The van der Waals surface area contributed by atoms with Crippen molar-refractivity contribution in [3.8, 4) is 0 Å². The van der Waals surface area contributed by atoms with E-state index < -0.39 is 10.0 Å². The van der Waals surface area contributed by atoms with Crippen molar-refractivity contribution in [2.75, 3.05) is 16.5 Å². The first kappa shape index (κ1) is 18.6. The van der Waals surface area contributed by atoms with Crippen LogP contribution in [-0.4, -0.2) is 18.4 Å². The standard InChI is InChI=1S/C18H20N6O2S/c1-12-7-9-14(10-8-12)27(25,26)24-23-18-16(19)17(20-11-21-18)22-15-6-4-3-5-13(15)2/h3-11,24H,19H2,1-2H3,(H2,20,21,22,23). The molecular formula is C18H20N6O2S.